The summed E-state index contributed by atoms with van der Waals surface area (Å²) in [7, 11) is 0. The van der Waals surface area contributed by atoms with E-state index in [0.29, 0.717) is 13.3 Å². The average Bonchev–Trinajstić information content (AvgIpc) is 2.40. The zero-order valence-corrected chi connectivity index (χ0v) is 12.2. The van der Waals surface area contributed by atoms with Gasteiger partial charge in [0, 0.05) is 0 Å². The van der Waals surface area contributed by atoms with Crippen molar-refractivity contribution in [3.8, 4) is 0 Å². The summed E-state index contributed by atoms with van der Waals surface area (Å²) >= 11 is 0. The van der Waals surface area contributed by atoms with Crippen LogP contribution in [0, 0.1) is 5.92 Å². The van der Waals surface area contributed by atoms with Crippen molar-refractivity contribution in [3.63, 3.8) is 0 Å². The number of rotatable bonds is 4. The Labute approximate surface area is 123 Å². The third kappa shape index (κ3) is 2.91. The second kappa shape index (κ2) is 5.89. The number of ether oxygens (including phenoxy) is 3. The van der Waals surface area contributed by atoms with Crippen LogP contribution in [0.4, 0.5) is 22.0 Å². The monoisotopic (exact) mass is 336 g/mol. The molecule has 1 N–H and O–H groups in total. The van der Waals surface area contributed by atoms with Crippen molar-refractivity contribution < 1.29 is 46.1 Å². The Bertz CT molecular complexity index is 427. The maximum Gasteiger partial charge on any atom is 0.449 e. The Balaban J connectivity index is 3.00. The predicted molar refractivity (Wildman–Crippen MR) is 61.8 cm³/mol. The smallest absolute Gasteiger partial charge is 0.449 e. The lowest BCUT2D eigenvalue weighted by atomic mass is 9.89. The number of carbonyl (C=O) groups excluding carboxylic acids is 1. The average molecular weight is 336 g/mol. The zero-order valence-electron chi connectivity index (χ0n) is 12.2. The van der Waals surface area contributed by atoms with Gasteiger partial charge in [-0.1, -0.05) is 13.8 Å². The van der Waals surface area contributed by atoms with Gasteiger partial charge in [-0.15, -0.1) is 0 Å². The minimum absolute atomic E-state index is 0.363. The third-order valence-electron chi connectivity index (χ3n) is 3.62. The first kappa shape index (κ1) is 19.0. The minimum atomic E-state index is -5.76. The summed E-state index contributed by atoms with van der Waals surface area (Å²) in [5.74, 6) is -11.1. The highest BCUT2D eigenvalue weighted by Gasteiger charge is 2.79. The summed E-state index contributed by atoms with van der Waals surface area (Å²) in [5, 5.41) is 9.27. The summed E-state index contributed by atoms with van der Waals surface area (Å²) in [4.78, 5) is 11.5. The van der Waals surface area contributed by atoms with Gasteiger partial charge < -0.3 is 19.3 Å². The first-order valence-corrected chi connectivity index (χ1v) is 6.44. The fourth-order valence-corrected chi connectivity index (χ4v) is 1.69. The second-order valence-corrected chi connectivity index (χ2v) is 5.27. The predicted octanol–water partition coefficient (Wildman–Crippen LogP) is 2.22. The number of aliphatic hydroxyl groups is 1. The molecule has 0 aromatic heterocycles. The fourth-order valence-electron chi connectivity index (χ4n) is 1.69. The molecule has 0 saturated carbocycles. The van der Waals surface area contributed by atoms with Gasteiger partial charge in [0.1, 0.15) is 6.61 Å². The van der Waals surface area contributed by atoms with Gasteiger partial charge >= 0.3 is 23.9 Å². The molecule has 1 rings (SSSR count). The van der Waals surface area contributed by atoms with E-state index in [2.05, 4.69) is 14.2 Å². The van der Waals surface area contributed by atoms with E-state index in [1.807, 2.05) is 0 Å². The van der Waals surface area contributed by atoms with Gasteiger partial charge in [-0.3, -0.25) is 4.79 Å². The molecule has 0 radical (unpaired) electrons. The standard InChI is InChI=1S/C12H17F5O5/c1-4-7(2)8(18)20-5-9(3)10(13,14)11(19,12(15,16)17)22-6-21-9/h7,19H,4-6H2,1-3H3. The van der Waals surface area contributed by atoms with Gasteiger partial charge in [0.15, 0.2) is 12.4 Å². The minimum Gasteiger partial charge on any atom is -0.462 e. The number of hydrogen-bond acceptors (Lipinski definition) is 5. The third-order valence-corrected chi connectivity index (χ3v) is 3.62. The molecular formula is C12H17F5O5. The Morgan fingerprint density at radius 2 is 1.91 bits per heavy atom. The lowest BCUT2D eigenvalue weighted by molar-refractivity contribution is -0.501. The van der Waals surface area contributed by atoms with Crippen LogP contribution in [0.2, 0.25) is 0 Å². The first-order valence-electron chi connectivity index (χ1n) is 6.44. The molecule has 1 fully saturated rings. The van der Waals surface area contributed by atoms with Crippen LogP contribution in [0.3, 0.4) is 0 Å². The number of halogens is 5. The Hall–Kier alpha value is -1.00. The molecule has 22 heavy (non-hydrogen) atoms. The van der Waals surface area contributed by atoms with Gasteiger partial charge in [0.05, 0.1) is 5.92 Å². The Morgan fingerprint density at radius 1 is 1.36 bits per heavy atom. The summed E-state index contributed by atoms with van der Waals surface area (Å²) in [6.45, 7) is 1.33. The molecule has 130 valence electrons. The quantitative estimate of drug-likeness (QED) is 0.630. The van der Waals surface area contributed by atoms with Crippen LogP contribution < -0.4 is 0 Å². The molecule has 1 aliphatic heterocycles. The van der Waals surface area contributed by atoms with E-state index in [0.717, 1.165) is 0 Å². The van der Waals surface area contributed by atoms with E-state index >= 15 is 0 Å². The van der Waals surface area contributed by atoms with E-state index in [-0.39, 0.29) is 0 Å². The maximum atomic E-state index is 14.1. The van der Waals surface area contributed by atoms with Crippen LogP contribution in [-0.2, 0) is 19.0 Å². The van der Waals surface area contributed by atoms with E-state index in [9.17, 15) is 31.9 Å². The first-order chi connectivity index (χ1) is 9.82. The van der Waals surface area contributed by atoms with Crippen LogP contribution in [0.25, 0.3) is 0 Å². The molecule has 1 heterocycles. The van der Waals surface area contributed by atoms with Crippen LogP contribution >= 0.6 is 0 Å². The van der Waals surface area contributed by atoms with Crippen LogP contribution in [0.1, 0.15) is 27.2 Å². The van der Waals surface area contributed by atoms with E-state index < -0.39 is 48.8 Å². The van der Waals surface area contributed by atoms with Gasteiger partial charge in [-0.25, -0.2) is 0 Å². The number of hydrogen-bond donors (Lipinski definition) is 1. The van der Waals surface area contributed by atoms with E-state index in [4.69, 9.17) is 0 Å². The van der Waals surface area contributed by atoms with Crippen molar-refractivity contribution in [3.05, 3.63) is 0 Å². The molecule has 0 aliphatic carbocycles. The topological polar surface area (TPSA) is 65.0 Å². The number of alkyl halides is 5. The summed E-state index contributed by atoms with van der Waals surface area (Å²) in [6.07, 6.45) is -5.40. The van der Waals surface area contributed by atoms with Crippen molar-refractivity contribution in [1.29, 1.82) is 0 Å². The number of esters is 1. The van der Waals surface area contributed by atoms with Crippen molar-refractivity contribution >= 4 is 5.97 Å². The molecule has 0 spiro atoms. The number of carbonyl (C=O) groups is 1. The zero-order chi connectivity index (χ0) is 17.4. The highest BCUT2D eigenvalue weighted by atomic mass is 19.4. The van der Waals surface area contributed by atoms with Crippen LogP contribution in [-0.4, -0.2) is 48.0 Å². The second-order valence-electron chi connectivity index (χ2n) is 5.27. The molecule has 5 nitrogen and oxygen atoms in total. The highest BCUT2D eigenvalue weighted by molar-refractivity contribution is 5.71. The van der Waals surface area contributed by atoms with Crippen molar-refractivity contribution in [2.75, 3.05) is 13.4 Å². The molecule has 1 saturated heterocycles. The molecular weight excluding hydrogens is 319 g/mol. The maximum absolute atomic E-state index is 14.1. The molecule has 10 heteroatoms. The Kier molecular flexibility index (Phi) is 5.10. The van der Waals surface area contributed by atoms with Crippen molar-refractivity contribution in [2.45, 2.75) is 50.7 Å². The van der Waals surface area contributed by atoms with Crippen LogP contribution in [0.15, 0.2) is 0 Å². The molecule has 0 amide bonds. The SMILES string of the molecule is CCC(C)C(=O)OCC1(C)OCOC(O)(C(F)(F)F)C1(F)F. The van der Waals surface area contributed by atoms with E-state index in [1.165, 1.54) is 6.92 Å². The lowest BCUT2D eigenvalue weighted by Gasteiger charge is -2.48. The lowest BCUT2D eigenvalue weighted by Crippen LogP contribution is -2.74. The molecule has 0 aromatic rings. The Morgan fingerprint density at radius 3 is 2.36 bits per heavy atom. The summed E-state index contributed by atoms with van der Waals surface area (Å²) in [6, 6.07) is 0. The van der Waals surface area contributed by atoms with Crippen molar-refractivity contribution in [2.24, 2.45) is 5.92 Å². The molecule has 0 aromatic carbocycles. The molecule has 3 atom stereocenters. The van der Waals surface area contributed by atoms with Crippen LogP contribution in [0.5, 0.6) is 0 Å². The van der Waals surface area contributed by atoms with Gasteiger partial charge in [-0.2, -0.15) is 22.0 Å². The highest BCUT2D eigenvalue weighted by Crippen LogP contribution is 2.52. The molecule has 1 aliphatic rings. The van der Waals surface area contributed by atoms with Gasteiger partial charge in [0.25, 0.3) is 0 Å². The van der Waals surface area contributed by atoms with Crippen molar-refractivity contribution in [1.82, 2.24) is 0 Å². The van der Waals surface area contributed by atoms with E-state index in [1.54, 1.807) is 6.92 Å². The molecule has 0 bridgehead atoms. The fraction of sp³-hybridized carbons (Fsp3) is 0.917. The van der Waals surface area contributed by atoms with Gasteiger partial charge in [0.2, 0.25) is 0 Å². The summed E-state index contributed by atoms with van der Waals surface area (Å²) < 4.78 is 79.3. The molecule has 3 unspecified atom stereocenters. The van der Waals surface area contributed by atoms with Gasteiger partial charge in [-0.05, 0) is 13.3 Å². The largest absolute Gasteiger partial charge is 0.462 e. The normalized spacial score (nSPS) is 33.3. The summed E-state index contributed by atoms with van der Waals surface area (Å²) in [5.41, 5.74) is -2.89.